The maximum Gasteiger partial charge on any atom is 0.158 e. The van der Waals surface area contributed by atoms with Crippen molar-refractivity contribution in [3.05, 3.63) is 0 Å². The summed E-state index contributed by atoms with van der Waals surface area (Å²) in [6, 6.07) is 0.654. The lowest BCUT2D eigenvalue weighted by Gasteiger charge is -2.26. The quantitative estimate of drug-likeness (QED) is 0.609. The molecule has 0 radical (unpaired) electrons. The van der Waals surface area contributed by atoms with Crippen LogP contribution in [0.2, 0.25) is 0 Å². The summed E-state index contributed by atoms with van der Waals surface area (Å²) >= 11 is 0. The second-order valence-electron chi connectivity index (χ2n) is 4.83. The molecule has 1 aliphatic rings. The average molecular weight is 259 g/mol. The van der Waals surface area contributed by atoms with Gasteiger partial charge in [0.15, 0.2) is 6.29 Å². The Kier molecular flexibility index (Phi) is 8.59. The van der Waals surface area contributed by atoms with Crippen molar-refractivity contribution in [1.82, 2.24) is 4.90 Å². The molecule has 0 aliphatic carbocycles. The molecule has 0 saturated carbocycles. The smallest absolute Gasteiger partial charge is 0.158 e. The second-order valence-corrected chi connectivity index (χ2v) is 4.83. The van der Waals surface area contributed by atoms with Gasteiger partial charge < -0.3 is 19.5 Å². The highest BCUT2D eigenvalue weighted by Crippen LogP contribution is 2.21. The summed E-state index contributed by atoms with van der Waals surface area (Å²) in [4.78, 5) is 2.53. The maximum atomic E-state index is 8.91. The molecule has 1 N–H and O–H groups in total. The summed E-state index contributed by atoms with van der Waals surface area (Å²) in [7, 11) is 0. The summed E-state index contributed by atoms with van der Waals surface area (Å²) in [5.41, 5.74) is 0. The van der Waals surface area contributed by atoms with E-state index in [-0.39, 0.29) is 6.29 Å². The lowest BCUT2D eigenvalue weighted by atomic mass is 10.1. The summed E-state index contributed by atoms with van der Waals surface area (Å²) < 4.78 is 11.1. The van der Waals surface area contributed by atoms with Crippen LogP contribution in [0.5, 0.6) is 0 Å². The average Bonchev–Trinajstić information content (AvgIpc) is 2.81. The Balaban J connectivity index is 2.26. The van der Waals surface area contributed by atoms with E-state index in [0.717, 1.165) is 25.8 Å². The molecule has 1 saturated heterocycles. The molecule has 0 spiro atoms. The van der Waals surface area contributed by atoms with Crippen LogP contribution in [0.1, 0.15) is 46.0 Å². The van der Waals surface area contributed by atoms with Gasteiger partial charge in [-0.3, -0.25) is 0 Å². The van der Waals surface area contributed by atoms with Gasteiger partial charge in [-0.05, 0) is 46.1 Å². The van der Waals surface area contributed by atoms with E-state index in [1.54, 1.807) is 0 Å². The van der Waals surface area contributed by atoms with E-state index >= 15 is 0 Å². The van der Waals surface area contributed by atoms with Gasteiger partial charge in [-0.15, -0.1) is 0 Å². The van der Waals surface area contributed by atoms with E-state index in [0.29, 0.717) is 25.9 Å². The molecule has 0 bridgehead atoms. The largest absolute Gasteiger partial charge is 0.396 e. The molecule has 108 valence electrons. The highest BCUT2D eigenvalue weighted by Gasteiger charge is 2.24. The lowest BCUT2D eigenvalue weighted by molar-refractivity contribution is -0.142. The second kappa shape index (κ2) is 9.73. The van der Waals surface area contributed by atoms with Crippen molar-refractivity contribution < 1.29 is 14.6 Å². The molecular formula is C14H29NO3. The summed E-state index contributed by atoms with van der Waals surface area (Å²) in [5, 5.41) is 8.91. The number of likely N-dealkylation sites (tertiary alicyclic amines) is 1. The number of nitrogens with zero attached hydrogens (tertiary/aromatic N) is 1. The predicted octanol–water partition coefficient (Wildman–Crippen LogP) is 2.01. The van der Waals surface area contributed by atoms with E-state index in [1.807, 2.05) is 13.8 Å². The first-order chi connectivity index (χ1) is 8.81. The Labute approximate surface area is 111 Å². The zero-order valence-electron chi connectivity index (χ0n) is 11.9. The van der Waals surface area contributed by atoms with Crippen LogP contribution in [-0.4, -0.2) is 55.2 Å². The van der Waals surface area contributed by atoms with Crippen molar-refractivity contribution in [2.24, 2.45) is 0 Å². The molecule has 1 atom stereocenters. The molecule has 1 heterocycles. The van der Waals surface area contributed by atoms with Gasteiger partial charge in [-0.1, -0.05) is 0 Å². The first-order valence-corrected chi connectivity index (χ1v) is 7.39. The standard InChI is InChI=1S/C14H29NO3/c1-3-17-14(18-4-2)9-11-15-10-5-7-13(15)8-6-12-16/h13-14,16H,3-12H2,1-2H3. The monoisotopic (exact) mass is 259 g/mol. The fourth-order valence-electron chi connectivity index (χ4n) is 2.70. The first-order valence-electron chi connectivity index (χ1n) is 7.39. The van der Waals surface area contributed by atoms with E-state index in [1.165, 1.54) is 19.4 Å². The van der Waals surface area contributed by atoms with Gasteiger partial charge in [-0.2, -0.15) is 0 Å². The number of hydrogen-bond donors (Lipinski definition) is 1. The van der Waals surface area contributed by atoms with Crippen molar-refractivity contribution in [3.8, 4) is 0 Å². The molecule has 1 rings (SSSR count). The fourth-order valence-corrected chi connectivity index (χ4v) is 2.70. The molecule has 4 heteroatoms. The highest BCUT2D eigenvalue weighted by atomic mass is 16.7. The van der Waals surface area contributed by atoms with Gasteiger partial charge in [0.2, 0.25) is 0 Å². The van der Waals surface area contributed by atoms with E-state index in [4.69, 9.17) is 14.6 Å². The van der Waals surface area contributed by atoms with Crippen LogP contribution in [0.3, 0.4) is 0 Å². The van der Waals surface area contributed by atoms with Crippen molar-refractivity contribution in [2.75, 3.05) is 32.9 Å². The molecule has 4 nitrogen and oxygen atoms in total. The molecular weight excluding hydrogens is 230 g/mol. The number of rotatable bonds is 10. The summed E-state index contributed by atoms with van der Waals surface area (Å²) in [5.74, 6) is 0. The molecule has 1 unspecified atom stereocenters. The zero-order valence-corrected chi connectivity index (χ0v) is 11.9. The van der Waals surface area contributed by atoms with Gasteiger partial charge in [0.05, 0.1) is 0 Å². The Morgan fingerprint density at radius 1 is 1.28 bits per heavy atom. The molecule has 0 amide bonds. The molecule has 0 aromatic rings. The van der Waals surface area contributed by atoms with E-state index in [9.17, 15) is 0 Å². The highest BCUT2D eigenvalue weighted by molar-refractivity contribution is 4.79. The molecule has 0 aromatic heterocycles. The Morgan fingerprint density at radius 3 is 2.61 bits per heavy atom. The van der Waals surface area contributed by atoms with Gasteiger partial charge >= 0.3 is 0 Å². The van der Waals surface area contributed by atoms with Crippen LogP contribution >= 0.6 is 0 Å². The molecule has 0 aromatic carbocycles. The van der Waals surface area contributed by atoms with Crippen LogP contribution < -0.4 is 0 Å². The predicted molar refractivity (Wildman–Crippen MR) is 72.6 cm³/mol. The number of hydrogen-bond acceptors (Lipinski definition) is 4. The zero-order chi connectivity index (χ0) is 13.2. The van der Waals surface area contributed by atoms with Crippen molar-refractivity contribution in [2.45, 2.75) is 58.3 Å². The number of aliphatic hydroxyl groups excluding tert-OH is 1. The van der Waals surface area contributed by atoms with Crippen LogP contribution in [0.15, 0.2) is 0 Å². The van der Waals surface area contributed by atoms with Gasteiger partial charge in [0, 0.05) is 38.8 Å². The fraction of sp³-hybridized carbons (Fsp3) is 1.00. The Morgan fingerprint density at radius 2 is 2.00 bits per heavy atom. The Bertz CT molecular complexity index is 195. The van der Waals surface area contributed by atoms with Crippen LogP contribution in [0.25, 0.3) is 0 Å². The lowest BCUT2D eigenvalue weighted by Crippen LogP contribution is -2.33. The third-order valence-electron chi connectivity index (χ3n) is 3.55. The minimum absolute atomic E-state index is 0.0564. The molecule has 18 heavy (non-hydrogen) atoms. The number of ether oxygens (including phenoxy) is 2. The van der Waals surface area contributed by atoms with Crippen molar-refractivity contribution in [3.63, 3.8) is 0 Å². The maximum absolute atomic E-state index is 8.91. The topological polar surface area (TPSA) is 41.9 Å². The first kappa shape index (κ1) is 15.9. The van der Waals surface area contributed by atoms with Crippen LogP contribution in [-0.2, 0) is 9.47 Å². The molecule has 1 fully saturated rings. The minimum atomic E-state index is -0.0564. The third kappa shape index (κ3) is 5.65. The SMILES string of the molecule is CCOC(CCN1CCCC1CCCO)OCC. The van der Waals surface area contributed by atoms with Crippen molar-refractivity contribution >= 4 is 0 Å². The van der Waals surface area contributed by atoms with Gasteiger partial charge in [0.25, 0.3) is 0 Å². The van der Waals surface area contributed by atoms with Gasteiger partial charge in [0.1, 0.15) is 0 Å². The van der Waals surface area contributed by atoms with E-state index < -0.39 is 0 Å². The third-order valence-corrected chi connectivity index (χ3v) is 3.55. The van der Waals surface area contributed by atoms with Gasteiger partial charge in [-0.25, -0.2) is 0 Å². The summed E-state index contributed by atoms with van der Waals surface area (Å²) in [6.45, 7) is 7.96. The Hall–Kier alpha value is -0.160. The van der Waals surface area contributed by atoms with Crippen molar-refractivity contribution in [1.29, 1.82) is 0 Å². The minimum Gasteiger partial charge on any atom is -0.396 e. The van der Waals surface area contributed by atoms with Crippen LogP contribution in [0.4, 0.5) is 0 Å². The normalized spacial score (nSPS) is 21.0. The number of aliphatic hydroxyl groups is 1. The summed E-state index contributed by atoms with van der Waals surface area (Å²) in [6.07, 6.45) is 5.47. The van der Waals surface area contributed by atoms with Crippen LogP contribution in [0, 0.1) is 0 Å². The molecule has 1 aliphatic heterocycles. The van der Waals surface area contributed by atoms with E-state index in [2.05, 4.69) is 4.90 Å².